The summed E-state index contributed by atoms with van der Waals surface area (Å²) < 4.78 is 25.5. The molecule has 8 heteroatoms. The van der Waals surface area contributed by atoms with Gasteiger partial charge in [-0.3, -0.25) is 9.59 Å². The Morgan fingerprint density at radius 1 is 1.12 bits per heavy atom. The SMILES string of the molecule is CNS(=O)(=O)c1ccc(CCC(=O)NC(C)(C)CCC(=O)O)cc1. The lowest BCUT2D eigenvalue weighted by Gasteiger charge is -2.25. The Hall–Kier alpha value is -1.93. The van der Waals surface area contributed by atoms with Gasteiger partial charge in [0.05, 0.1) is 4.90 Å². The fourth-order valence-electron chi connectivity index (χ4n) is 2.13. The number of hydrogen-bond acceptors (Lipinski definition) is 4. The molecule has 7 nitrogen and oxygen atoms in total. The molecular formula is C16H24N2O5S. The first-order valence-electron chi connectivity index (χ1n) is 7.61. The third kappa shape index (κ3) is 6.67. The van der Waals surface area contributed by atoms with E-state index in [1.807, 2.05) is 0 Å². The normalized spacial score (nSPS) is 12.0. The minimum Gasteiger partial charge on any atom is -0.481 e. The van der Waals surface area contributed by atoms with E-state index >= 15 is 0 Å². The van der Waals surface area contributed by atoms with Crippen LogP contribution in [0.15, 0.2) is 29.2 Å². The Labute approximate surface area is 142 Å². The van der Waals surface area contributed by atoms with E-state index in [1.54, 1.807) is 26.0 Å². The maximum Gasteiger partial charge on any atom is 0.303 e. The molecule has 1 amide bonds. The van der Waals surface area contributed by atoms with Crippen molar-refractivity contribution in [1.82, 2.24) is 10.0 Å². The predicted octanol–water partition coefficient (Wildman–Crippen LogP) is 1.29. The average molecular weight is 356 g/mol. The second-order valence-corrected chi connectivity index (χ2v) is 8.06. The maximum atomic E-state index is 12.0. The molecular weight excluding hydrogens is 332 g/mol. The fraction of sp³-hybridized carbons (Fsp3) is 0.500. The highest BCUT2D eigenvalue weighted by Gasteiger charge is 2.21. The van der Waals surface area contributed by atoms with Gasteiger partial charge in [0.25, 0.3) is 0 Å². The summed E-state index contributed by atoms with van der Waals surface area (Å²) in [4.78, 5) is 22.8. The van der Waals surface area contributed by atoms with Gasteiger partial charge in [-0.15, -0.1) is 0 Å². The number of sulfonamides is 1. The maximum absolute atomic E-state index is 12.0. The number of aliphatic carboxylic acids is 1. The zero-order chi connectivity index (χ0) is 18.4. The minimum absolute atomic E-state index is 0.00528. The molecule has 0 unspecified atom stereocenters. The molecule has 24 heavy (non-hydrogen) atoms. The zero-order valence-corrected chi connectivity index (χ0v) is 14.9. The predicted molar refractivity (Wildman–Crippen MR) is 90.1 cm³/mol. The van der Waals surface area contributed by atoms with Crippen LogP contribution in [-0.2, 0) is 26.0 Å². The lowest BCUT2D eigenvalue weighted by atomic mass is 9.98. The van der Waals surface area contributed by atoms with Gasteiger partial charge in [-0.2, -0.15) is 0 Å². The minimum atomic E-state index is -3.46. The van der Waals surface area contributed by atoms with Crippen LogP contribution < -0.4 is 10.0 Å². The largest absolute Gasteiger partial charge is 0.481 e. The molecule has 134 valence electrons. The Bertz CT molecular complexity index is 681. The number of carbonyl (C=O) groups is 2. The molecule has 0 bridgehead atoms. The van der Waals surface area contributed by atoms with Gasteiger partial charge in [0, 0.05) is 18.4 Å². The highest BCUT2D eigenvalue weighted by molar-refractivity contribution is 7.89. The van der Waals surface area contributed by atoms with Crippen molar-refractivity contribution in [1.29, 1.82) is 0 Å². The Balaban J connectivity index is 2.54. The van der Waals surface area contributed by atoms with Crippen LogP contribution in [0.2, 0.25) is 0 Å². The zero-order valence-electron chi connectivity index (χ0n) is 14.1. The van der Waals surface area contributed by atoms with E-state index in [0.29, 0.717) is 12.8 Å². The number of carboxylic acid groups (broad SMARTS) is 1. The van der Waals surface area contributed by atoms with E-state index in [0.717, 1.165) is 5.56 Å². The summed E-state index contributed by atoms with van der Waals surface area (Å²) in [7, 11) is -2.11. The molecule has 1 aromatic rings. The standard InChI is InChI=1S/C16H24N2O5S/c1-16(2,11-10-15(20)21)18-14(19)9-6-12-4-7-13(8-5-12)24(22,23)17-3/h4-5,7-8,17H,6,9-11H2,1-3H3,(H,18,19)(H,20,21). The van der Waals surface area contributed by atoms with Crippen LogP contribution in [0.3, 0.4) is 0 Å². The van der Waals surface area contributed by atoms with Gasteiger partial charge in [-0.25, -0.2) is 13.1 Å². The molecule has 0 saturated heterocycles. The lowest BCUT2D eigenvalue weighted by molar-refractivity contribution is -0.137. The van der Waals surface area contributed by atoms with Crippen molar-refractivity contribution in [3.8, 4) is 0 Å². The molecule has 0 aliphatic heterocycles. The Kier molecular flexibility index (Phi) is 6.92. The number of carbonyl (C=O) groups excluding carboxylic acids is 1. The van der Waals surface area contributed by atoms with Crippen LogP contribution in [0.4, 0.5) is 0 Å². The van der Waals surface area contributed by atoms with Crippen molar-refractivity contribution in [3.63, 3.8) is 0 Å². The van der Waals surface area contributed by atoms with Crippen molar-refractivity contribution in [2.24, 2.45) is 0 Å². The lowest BCUT2D eigenvalue weighted by Crippen LogP contribution is -2.43. The molecule has 0 saturated carbocycles. The smallest absolute Gasteiger partial charge is 0.303 e. The van der Waals surface area contributed by atoms with Crippen LogP contribution in [-0.4, -0.2) is 38.0 Å². The summed E-state index contributed by atoms with van der Waals surface area (Å²) in [6.07, 6.45) is 1.06. The van der Waals surface area contributed by atoms with Gasteiger partial charge >= 0.3 is 5.97 Å². The summed E-state index contributed by atoms with van der Waals surface area (Å²) in [6.45, 7) is 3.57. The summed E-state index contributed by atoms with van der Waals surface area (Å²) >= 11 is 0. The van der Waals surface area contributed by atoms with Crippen LogP contribution in [0.25, 0.3) is 0 Å². The summed E-state index contributed by atoms with van der Waals surface area (Å²) in [5.41, 5.74) is 0.267. The molecule has 0 spiro atoms. The quantitative estimate of drug-likeness (QED) is 0.617. The van der Waals surface area contributed by atoms with Gasteiger partial charge in [0.15, 0.2) is 0 Å². The van der Waals surface area contributed by atoms with Crippen LogP contribution in [0.1, 0.15) is 38.7 Å². The van der Waals surface area contributed by atoms with E-state index in [-0.39, 0.29) is 23.6 Å². The molecule has 1 aromatic carbocycles. The topological polar surface area (TPSA) is 113 Å². The second kappa shape index (κ2) is 8.25. The summed E-state index contributed by atoms with van der Waals surface area (Å²) in [5.74, 6) is -1.06. The van der Waals surface area contributed by atoms with Crippen molar-refractivity contribution < 1.29 is 23.1 Å². The van der Waals surface area contributed by atoms with Crippen molar-refractivity contribution in [3.05, 3.63) is 29.8 Å². The van der Waals surface area contributed by atoms with E-state index in [4.69, 9.17) is 5.11 Å². The van der Waals surface area contributed by atoms with Crippen LogP contribution in [0.5, 0.6) is 0 Å². The Morgan fingerprint density at radius 3 is 2.21 bits per heavy atom. The monoisotopic (exact) mass is 356 g/mol. The third-order valence-corrected chi connectivity index (χ3v) is 5.02. The van der Waals surface area contributed by atoms with E-state index in [2.05, 4.69) is 10.0 Å². The molecule has 0 aliphatic rings. The first-order valence-corrected chi connectivity index (χ1v) is 9.09. The molecule has 1 rings (SSSR count). The van der Waals surface area contributed by atoms with Gasteiger partial charge in [0.1, 0.15) is 0 Å². The fourth-order valence-corrected chi connectivity index (χ4v) is 2.86. The van der Waals surface area contributed by atoms with Crippen molar-refractivity contribution in [2.45, 2.75) is 50.0 Å². The van der Waals surface area contributed by atoms with E-state index < -0.39 is 21.5 Å². The van der Waals surface area contributed by atoms with Gasteiger partial charge in [-0.05, 0) is 51.4 Å². The molecule has 0 radical (unpaired) electrons. The van der Waals surface area contributed by atoms with Gasteiger partial charge in [-0.1, -0.05) is 12.1 Å². The molecule has 0 aliphatic carbocycles. The third-order valence-electron chi connectivity index (χ3n) is 3.58. The summed E-state index contributed by atoms with van der Waals surface area (Å²) in [6, 6.07) is 6.34. The van der Waals surface area contributed by atoms with Crippen LogP contribution in [0, 0.1) is 0 Å². The number of rotatable bonds is 9. The van der Waals surface area contributed by atoms with E-state index in [1.165, 1.54) is 19.2 Å². The average Bonchev–Trinajstić information content (AvgIpc) is 2.51. The molecule has 0 atom stereocenters. The molecule has 0 fully saturated rings. The number of amides is 1. The molecule has 3 N–H and O–H groups in total. The number of hydrogen-bond donors (Lipinski definition) is 3. The Morgan fingerprint density at radius 2 is 1.71 bits per heavy atom. The van der Waals surface area contributed by atoms with Crippen LogP contribution >= 0.6 is 0 Å². The second-order valence-electron chi connectivity index (χ2n) is 6.18. The summed E-state index contributed by atoms with van der Waals surface area (Å²) in [5, 5.41) is 11.5. The first kappa shape index (κ1) is 20.1. The molecule has 0 heterocycles. The van der Waals surface area contributed by atoms with Gasteiger partial charge in [0.2, 0.25) is 15.9 Å². The van der Waals surface area contributed by atoms with Crippen molar-refractivity contribution in [2.75, 3.05) is 7.05 Å². The number of aryl methyl sites for hydroxylation is 1. The number of nitrogens with one attached hydrogen (secondary N) is 2. The number of benzene rings is 1. The highest BCUT2D eigenvalue weighted by Crippen LogP contribution is 2.14. The van der Waals surface area contributed by atoms with Crippen molar-refractivity contribution >= 4 is 21.9 Å². The highest BCUT2D eigenvalue weighted by atomic mass is 32.2. The molecule has 0 aromatic heterocycles. The van der Waals surface area contributed by atoms with Gasteiger partial charge < -0.3 is 10.4 Å². The first-order chi connectivity index (χ1) is 11.1. The number of carboxylic acids is 1. The van der Waals surface area contributed by atoms with E-state index in [9.17, 15) is 18.0 Å².